The Bertz CT molecular complexity index is 622. The minimum Gasteiger partial charge on any atom is -0.337 e. The van der Waals surface area contributed by atoms with Crippen LogP contribution >= 0.6 is 0 Å². The van der Waals surface area contributed by atoms with E-state index in [0.29, 0.717) is 0 Å². The fourth-order valence-corrected chi connectivity index (χ4v) is 2.86. The lowest BCUT2D eigenvalue weighted by atomic mass is 9.98. The normalized spacial score (nSPS) is 18.5. The lowest BCUT2D eigenvalue weighted by Gasteiger charge is -2.31. The van der Waals surface area contributed by atoms with E-state index in [1.807, 2.05) is 0 Å². The lowest BCUT2D eigenvalue weighted by Crippen LogP contribution is -2.51. The van der Waals surface area contributed by atoms with Crippen LogP contribution in [0.4, 0.5) is 13.2 Å². The smallest absolute Gasteiger partial charge is 0.337 e. The first-order chi connectivity index (χ1) is 11.2. The van der Waals surface area contributed by atoms with E-state index in [1.165, 1.54) is 31.3 Å². The molecule has 1 aromatic carbocycles. The molecule has 0 spiro atoms. The summed E-state index contributed by atoms with van der Waals surface area (Å²) in [4.78, 5) is 13.1. The number of halogens is 3. The van der Waals surface area contributed by atoms with Gasteiger partial charge in [0.15, 0.2) is 0 Å². The van der Waals surface area contributed by atoms with Gasteiger partial charge in [-0.1, -0.05) is 30.3 Å². The molecule has 2 rings (SSSR count). The Hall–Kier alpha value is -2.07. The van der Waals surface area contributed by atoms with Gasteiger partial charge >= 0.3 is 6.18 Å². The highest BCUT2D eigenvalue weighted by Crippen LogP contribution is 2.39. The highest BCUT2D eigenvalue weighted by molar-refractivity contribution is 5.79. The third-order valence-electron chi connectivity index (χ3n) is 4.28. The molecule has 24 heavy (non-hydrogen) atoms. The molecule has 130 valence electrons. The van der Waals surface area contributed by atoms with Crippen molar-refractivity contribution < 1.29 is 18.0 Å². The third kappa shape index (κ3) is 4.26. The maximum atomic E-state index is 13.4. The number of rotatable bonds is 6. The molecule has 1 amide bonds. The molecule has 1 fully saturated rings. The van der Waals surface area contributed by atoms with Crippen molar-refractivity contribution in [3.8, 4) is 6.07 Å². The largest absolute Gasteiger partial charge is 0.408 e. The number of benzene rings is 1. The van der Waals surface area contributed by atoms with Gasteiger partial charge in [-0.2, -0.15) is 18.4 Å². The number of nitrogens with zero attached hydrogens (tertiary/aromatic N) is 2. The highest BCUT2D eigenvalue weighted by atomic mass is 19.4. The molecule has 1 N–H and O–H groups in total. The van der Waals surface area contributed by atoms with Crippen LogP contribution in [-0.2, 0) is 4.79 Å². The molecule has 1 aliphatic rings. The number of hydrogen-bond donors (Lipinski definition) is 1. The molecule has 0 aromatic heterocycles. The number of nitriles is 1. The Balaban J connectivity index is 2.09. The van der Waals surface area contributed by atoms with E-state index < -0.39 is 30.2 Å². The van der Waals surface area contributed by atoms with Crippen molar-refractivity contribution in [1.82, 2.24) is 10.2 Å². The molecule has 1 aliphatic carbocycles. The molecule has 1 saturated carbocycles. The van der Waals surface area contributed by atoms with Crippen molar-refractivity contribution in [2.45, 2.75) is 37.5 Å². The molecule has 0 saturated heterocycles. The zero-order chi connectivity index (χ0) is 18.0. The second-order valence-electron chi connectivity index (χ2n) is 6.41. The molecule has 0 aliphatic heterocycles. The Morgan fingerprint density at radius 1 is 1.38 bits per heavy atom. The Kier molecular flexibility index (Phi) is 5.19. The van der Waals surface area contributed by atoms with E-state index in [4.69, 9.17) is 0 Å². The van der Waals surface area contributed by atoms with Gasteiger partial charge in [-0.15, -0.1) is 0 Å². The maximum Gasteiger partial charge on any atom is 0.408 e. The summed E-state index contributed by atoms with van der Waals surface area (Å²) in [7, 11) is 1.26. The molecule has 0 bridgehead atoms. The molecular formula is C17H20F3N3O. The van der Waals surface area contributed by atoms with Crippen LogP contribution in [-0.4, -0.2) is 36.1 Å². The monoisotopic (exact) mass is 339 g/mol. The third-order valence-corrected chi connectivity index (χ3v) is 4.28. The summed E-state index contributed by atoms with van der Waals surface area (Å²) in [5, 5.41) is 11.8. The minimum atomic E-state index is -4.51. The van der Waals surface area contributed by atoms with Crippen LogP contribution in [0, 0.1) is 17.2 Å². The molecule has 0 radical (unpaired) electrons. The average Bonchev–Trinajstić information content (AvgIpc) is 3.31. The highest BCUT2D eigenvalue weighted by Gasteiger charge is 2.45. The Labute approximate surface area is 139 Å². The zero-order valence-corrected chi connectivity index (χ0v) is 13.6. The Morgan fingerprint density at radius 2 is 1.96 bits per heavy atom. The predicted octanol–water partition coefficient (Wildman–Crippen LogP) is 3.03. The lowest BCUT2D eigenvalue weighted by molar-refractivity contribution is -0.183. The van der Waals surface area contributed by atoms with Gasteiger partial charge in [0.1, 0.15) is 11.6 Å². The number of likely N-dealkylation sites (N-methyl/N-ethyl adjacent to an activating group) is 1. The van der Waals surface area contributed by atoms with Gasteiger partial charge in [0.2, 0.25) is 5.91 Å². The summed E-state index contributed by atoms with van der Waals surface area (Å²) < 4.78 is 40.3. The topological polar surface area (TPSA) is 56.1 Å². The van der Waals surface area contributed by atoms with Crippen LogP contribution in [0.1, 0.15) is 31.4 Å². The van der Waals surface area contributed by atoms with E-state index >= 15 is 0 Å². The summed E-state index contributed by atoms with van der Waals surface area (Å²) in [5.74, 6) is -0.511. The predicted molar refractivity (Wildman–Crippen MR) is 82.8 cm³/mol. The SMILES string of the molecule is CN(CC(=O)N[C@@](C)(C#N)C1CC1)[C@H](c1ccccc1)C(F)(F)F. The van der Waals surface area contributed by atoms with E-state index in [0.717, 1.165) is 17.7 Å². The number of amides is 1. The van der Waals surface area contributed by atoms with Crippen molar-refractivity contribution in [3.63, 3.8) is 0 Å². The molecule has 7 heteroatoms. The standard InChI is InChI=1S/C17H20F3N3O/c1-16(11-21,13-8-9-13)22-14(24)10-23(2)15(17(18,19)20)12-6-4-3-5-7-12/h3-7,13,15H,8-10H2,1-2H3,(H,22,24)/t15-,16+/m1/s1. The van der Waals surface area contributed by atoms with Crippen molar-refractivity contribution >= 4 is 5.91 Å². The summed E-state index contributed by atoms with van der Waals surface area (Å²) in [6.45, 7) is 1.17. The van der Waals surface area contributed by atoms with E-state index in [2.05, 4.69) is 11.4 Å². The van der Waals surface area contributed by atoms with Crippen LogP contribution in [0.2, 0.25) is 0 Å². The molecular weight excluding hydrogens is 319 g/mol. The second-order valence-corrected chi connectivity index (χ2v) is 6.41. The van der Waals surface area contributed by atoms with Gasteiger partial charge in [0.25, 0.3) is 0 Å². The first-order valence-corrected chi connectivity index (χ1v) is 7.71. The maximum absolute atomic E-state index is 13.4. The van der Waals surface area contributed by atoms with Gasteiger partial charge < -0.3 is 5.32 Å². The Morgan fingerprint density at radius 3 is 2.42 bits per heavy atom. The van der Waals surface area contributed by atoms with Crippen molar-refractivity contribution in [2.24, 2.45) is 5.92 Å². The van der Waals surface area contributed by atoms with Gasteiger partial charge in [0.05, 0.1) is 12.6 Å². The molecule has 0 unspecified atom stereocenters. The van der Waals surface area contributed by atoms with Crippen LogP contribution in [0.3, 0.4) is 0 Å². The van der Waals surface area contributed by atoms with Crippen LogP contribution in [0.15, 0.2) is 30.3 Å². The fraction of sp³-hybridized carbons (Fsp3) is 0.529. The van der Waals surface area contributed by atoms with Crippen LogP contribution in [0.5, 0.6) is 0 Å². The molecule has 0 heterocycles. The van der Waals surface area contributed by atoms with E-state index in [-0.39, 0.29) is 11.5 Å². The summed E-state index contributed by atoms with van der Waals surface area (Å²) in [6.07, 6.45) is -2.82. The van der Waals surface area contributed by atoms with E-state index in [9.17, 15) is 23.2 Å². The van der Waals surface area contributed by atoms with E-state index in [1.54, 1.807) is 13.0 Å². The molecule has 1 aromatic rings. The first-order valence-electron chi connectivity index (χ1n) is 7.71. The number of alkyl halides is 3. The van der Waals surface area contributed by atoms with Crippen molar-refractivity contribution in [3.05, 3.63) is 35.9 Å². The van der Waals surface area contributed by atoms with Crippen molar-refractivity contribution in [2.75, 3.05) is 13.6 Å². The number of nitrogens with one attached hydrogen (secondary N) is 1. The zero-order valence-electron chi connectivity index (χ0n) is 13.6. The van der Waals surface area contributed by atoms with Crippen LogP contribution < -0.4 is 5.32 Å². The molecule has 4 nitrogen and oxygen atoms in total. The minimum absolute atomic E-state index is 0.0734. The summed E-state index contributed by atoms with van der Waals surface area (Å²) in [5.41, 5.74) is -0.941. The first kappa shape index (κ1) is 18.3. The average molecular weight is 339 g/mol. The number of hydrogen-bond acceptors (Lipinski definition) is 3. The molecule has 2 atom stereocenters. The second kappa shape index (κ2) is 6.81. The number of carbonyl (C=O) groups is 1. The quantitative estimate of drug-likeness (QED) is 0.867. The van der Waals surface area contributed by atoms with Gasteiger partial charge in [0, 0.05) is 0 Å². The summed E-state index contributed by atoms with van der Waals surface area (Å²) in [6, 6.07) is 7.65. The van der Waals surface area contributed by atoms with Gasteiger partial charge in [-0.3, -0.25) is 9.69 Å². The van der Waals surface area contributed by atoms with Crippen molar-refractivity contribution in [1.29, 1.82) is 5.26 Å². The number of carbonyl (C=O) groups excluding carboxylic acids is 1. The van der Waals surface area contributed by atoms with Crippen LogP contribution in [0.25, 0.3) is 0 Å². The fourth-order valence-electron chi connectivity index (χ4n) is 2.86. The van der Waals surface area contributed by atoms with Gasteiger partial charge in [-0.25, -0.2) is 0 Å². The summed E-state index contributed by atoms with van der Waals surface area (Å²) >= 11 is 0. The van der Waals surface area contributed by atoms with Gasteiger partial charge in [-0.05, 0) is 38.3 Å².